The number of rotatable bonds is 7. The van der Waals surface area contributed by atoms with E-state index in [0.717, 1.165) is 11.3 Å². The van der Waals surface area contributed by atoms with Crippen molar-refractivity contribution in [3.63, 3.8) is 0 Å². The molecule has 0 atom stereocenters. The molecule has 2 N–H and O–H groups in total. The lowest BCUT2D eigenvalue weighted by Gasteiger charge is -2.20. The third-order valence-electron chi connectivity index (χ3n) is 3.35. The van der Waals surface area contributed by atoms with Crippen LogP contribution in [-0.4, -0.2) is 29.9 Å². The predicted octanol–water partition coefficient (Wildman–Crippen LogP) is 2.73. The molecular weight excluding hydrogens is 292 g/mol. The summed E-state index contributed by atoms with van der Waals surface area (Å²) in [5, 5.41) is 14.2. The molecule has 0 aliphatic rings. The van der Waals surface area contributed by atoms with E-state index in [1.165, 1.54) is 0 Å². The van der Waals surface area contributed by atoms with Crippen LogP contribution < -0.4 is 10.6 Å². The number of benzene rings is 1. The van der Waals surface area contributed by atoms with Gasteiger partial charge < -0.3 is 15.5 Å². The first kappa shape index (κ1) is 18.5. The average molecular weight is 316 g/mol. The van der Waals surface area contributed by atoms with Crippen LogP contribution >= 0.6 is 0 Å². The summed E-state index contributed by atoms with van der Waals surface area (Å²) in [5.74, 6) is -0.0930. The van der Waals surface area contributed by atoms with Gasteiger partial charge in [0.15, 0.2) is 0 Å². The van der Waals surface area contributed by atoms with Crippen LogP contribution in [0.25, 0.3) is 0 Å². The monoisotopic (exact) mass is 316 g/mol. The average Bonchev–Trinajstić information content (AvgIpc) is 2.54. The lowest BCUT2D eigenvalue weighted by Crippen LogP contribution is -2.39. The molecule has 0 bridgehead atoms. The maximum absolute atomic E-state index is 12.0. The van der Waals surface area contributed by atoms with Gasteiger partial charge in [-0.1, -0.05) is 26.0 Å². The molecule has 0 saturated heterocycles. The first-order chi connectivity index (χ1) is 11.0. The normalized spacial score (nSPS) is 10.0. The van der Waals surface area contributed by atoms with Crippen molar-refractivity contribution in [2.45, 2.75) is 33.7 Å². The van der Waals surface area contributed by atoms with Crippen LogP contribution in [0.4, 0.5) is 10.5 Å². The number of carbonyl (C=O) groups excluding carboxylic acids is 2. The van der Waals surface area contributed by atoms with Crippen LogP contribution in [-0.2, 0) is 11.3 Å². The topological polar surface area (TPSA) is 85.2 Å². The second-order valence-corrected chi connectivity index (χ2v) is 5.49. The second kappa shape index (κ2) is 9.46. The van der Waals surface area contributed by atoms with Crippen LogP contribution in [0.1, 0.15) is 32.8 Å². The Morgan fingerprint density at radius 3 is 2.43 bits per heavy atom. The van der Waals surface area contributed by atoms with Gasteiger partial charge in [0.25, 0.3) is 0 Å². The zero-order valence-corrected chi connectivity index (χ0v) is 13.9. The fourth-order valence-corrected chi connectivity index (χ4v) is 1.87. The molecule has 1 aromatic rings. The molecule has 0 saturated carbocycles. The van der Waals surface area contributed by atoms with Gasteiger partial charge in [0, 0.05) is 31.2 Å². The first-order valence-corrected chi connectivity index (χ1v) is 7.77. The van der Waals surface area contributed by atoms with Gasteiger partial charge in [-0.15, -0.1) is 0 Å². The van der Waals surface area contributed by atoms with Crippen molar-refractivity contribution in [3.8, 4) is 6.07 Å². The van der Waals surface area contributed by atoms with Crippen molar-refractivity contribution in [1.82, 2.24) is 10.2 Å². The second-order valence-electron chi connectivity index (χ2n) is 5.49. The zero-order chi connectivity index (χ0) is 17.2. The Morgan fingerprint density at radius 2 is 1.91 bits per heavy atom. The highest BCUT2D eigenvalue weighted by Gasteiger charge is 2.10. The fraction of sp³-hybridized carbons (Fsp3) is 0.471. The standard InChI is InChI=1S/C17H24N4O2/c1-4-21(11-5-10-18)17(23)19-12-14-6-8-15(9-7-14)20-16(22)13(2)3/h6-9,13H,4-5,11-12H2,1-3H3,(H,19,23)(H,20,22). The molecule has 23 heavy (non-hydrogen) atoms. The number of nitrogens with one attached hydrogen (secondary N) is 2. The molecule has 0 aliphatic carbocycles. The van der Waals surface area contributed by atoms with Gasteiger partial charge in [-0.2, -0.15) is 5.26 Å². The summed E-state index contributed by atoms with van der Waals surface area (Å²) in [6.45, 7) is 6.95. The molecule has 1 rings (SSSR count). The molecule has 0 aliphatic heterocycles. The van der Waals surface area contributed by atoms with Gasteiger partial charge in [-0.05, 0) is 24.6 Å². The van der Waals surface area contributed by atoms with E-state index in [2.05, 4.69) is 10.6 Å². The summed E-state index contributed by atoms with van der Waals surface area (Å²) in [4.78, 5) is 25.2. The lowest BCUT2D eigenvalue weighted by molar-refractivity contribution is -0.118. The van der Waals surface area contributed by atoms with E-state index in [1.807, 2.05) is 51.1 Å². The summed E-state index contributed by atoms with van der Waals surface area (Å²) < 4.78 is 0. The van der Waals surface area contributed by atoms with Gasteiger partial charge in [-0.25, -0.2) is 4.79 Å². The van der Waals surface area contributed by atoms with Crippen molar-refractivity contribution in [2.75, 3.05) is 18.4 Å². The number of hydrogen-bond acceptors (Lipinski definition) is 3. The number of urea groups is 1. The molecule has 6 heteroatoms. The largest absolute Gasteiger partial charge is 0.334 e. The number of nitrogens with zero attached hydrogens (tertiary/aromatic N) is 2. The quantitative estimate of drug-likeness (QED) is 0.811. The SMILES string of the molecule is CCN(CCC#N)C(=O)NCc1ccc(NC(=O)C(C)C)cc1. The molecule has 124 valence electrons. The molecule has 1 aromatic carbocycles. The van der Waals surface area contributed by atoms with E-state index in [0.29, 0.717) is 26.1 Å². The molecule has 0 fully saturated rings. The number of hydrogen-bond donors (Lipinski definition) is 2. The highest BCUT2D eigenvalue weighted by Crippen LogP contribution is 2.11. The Hall–Kier alpha value is -2.55. The van der Waals surface area contributed by atoms with Crippen LogP contribution in [0, 0.1) is 17.2 Å². The van der Waals surface area contributed by atoms with Gasteiger partial charge in [0.05, 0.1) is 12.5 Å². The van der Waals surface area contributed by atoms with Crippen molar-refractivity contribution < 1.29 is 9.59 Å². The molecule has 3 amide bonds. The minimum absolute atomic E-state index is 0.0258. The van der Waals surface area contributed by atoms with E-state index < -0.39 is 0 Å². The summed E-state index contributed by atoms with van der Waals surface area (Å²) in [6.07, 6.45) is 0.325. The molecule has 0 aromatic heterocycles. The smallest absolute Gasteiger partial charge is 0.317 e. The summed E-state index contributed by atoms with van der Waals surface area (Å²) in [7, 11) is 0. The van der Waals surface area contributed by atoms with E-state index in [-0.39, 0.29) is 17.9 Å². The number of amides is 3. The van der Waals surface area contributed by atoms with Gasteiger partial charge >= 0.3 is 6.03 Å². The fourth-order valence-electron chi connectivity index (χ4n) is 1.87. The Labute approximate surface area is 137 Å². The minimum Gasteiger partial charge on any atom is -0.334 e. The highest BCUT2D eigenvalue weighted by molar-refractivity contribution is 5.92. The lowest BCUT2D eigenvalue weighted by atomic mass is 10.1. The Kier molecular flexibility index (Phi) is 7.61. The van der Waals surface area contributed by atoms with Gasteiger partial charge in [-0.3, -0.25) is 4.79 Å². The van der Waals surface area contributed by atoms with Crippen LogP contribution in [0.15, 0.2) is 24.3 Å². The third kappa shape index (κ3) is 6.39. The number of carbonyl (C=O) groups is 2. The van der Waals surface area contributed by atoms with Gasteiger partial charge in [0.2, 0.25) is 5.91 Å². The minimum atomic E-state index is -0.181. The summed E-state index contributed by atoms with van der Waals surface area (Å²) in [5.41, 5.74) is 1.68. The maximum atomic E-state index is 12.0. The Balaban J connectivity index is 2.50. The van der Waals surface area contributed by atoms with Crippen molar-refractivity contribution >= 4 is 17.6 Å². The third-order valence-corrected chi connectivity index (χ3v) is 3.35. The molecule has 0 unspecified atom stereocenters. The summed E-state index contributed by atoms with van der Waals surface area (Å²) >= 11 is 0. The van der Waals surface area contributed by atoms with Gasteiger partial charge in [0.1, 0.15) is 0 Å². The molecule has 0 heterocycles. The zero-order valence-electron chi connectivity index (χ0n) is 13.9. The predicted molar refractivity (Wildman–Crippen MR) is 89.6 cm³/mol. The molecular formula is C17H24N4O2. The molecule has 6 nitrogen and oxygen atoms in total. The van der Waals surface area contributed by atoms with Crippen LogP contribution in [0.2, 0.25) is 0 Å². The Morgan fingerprint density at radius 1 is 1.26 bits per heavy atom. The summed E-state index contributed by atoms with van der Waals surface area (Å²) in [6, 6.07) is 9.21. The molecule has 0 spiro atoms. The van der Waals surface area contributed by atoms with Crippen molar-refractivity contribution in [3.05, 3.63) is 29.8 Å². The van der Waals surface area contributed by atoms with Crippen molar-refractivity contribution in [1.29, 1.82) is 5.26 Å². The van der Waals surface area contributed by atoms with Crippen LogP contribution in [0.5, 0.6) is 0 Å². The maximum Gasteiger partial charge on any atom is 0.317 e. The van der Waals surface area contributed by atoms with Crippen molar-refractivity contribution in [2.24, 2.45) is 5.92 Å². The molecule has 0 radical (unpaired) electrons. The Bertz CT molecular complexity index is 561. The van der Waals surface area contributed by atoms with Crippen LogP contribution in [0.3, 0.4) is 0 Å². The van der Waals surface area contributed by atoms with E-state index >= 15 is 0 Å². The van der Waals surface area contributed by atoms with E-state index in [1.54, 1.807) is 4.90 Å². The number of nitriles is 1. The van der Waals surface area contributed by atoms with E-state index in [9.17, 15) is 9.59 Å². The first-order valence-electron chi connectivity index (χ1n) is 7.77. The highest BCUT2D eigenvalue weighted by atomic mass is 16.2. The van der Waals surface area contributed by atoms with E-state index in [4.69, 9.17) is 5.26 Å². The number of anilines is 1.